The van der Waals surface area contributed by atoms with E-state index >= 15 is 0 Å². The lowest BCUT2D eigenvalue weighted by atomic mass is 10.2. The molecule has 0 aliphatic heterocycles. The zero-order chi connectivity index (χ0) is 21.3. The number of benzene rings is 2. The molecule has 2 aromatic carbocycles. The normalized spacial score (nSPS) is 10.9. The van der Waals surface area contributed by atoms with E-state index in [1.54, 1.807) is 24.3 Å². The summed E-state index contributed by atoms with van der Waals surface area (Å²) < 4.78 is 11.1. The average molecular weight is 514 g/mol. The summed E-state index contributed by atoms with van der Waals surface area (Å²) >= 11 is 36.2. The minimum Gasteiger partial charge on any atom is -0.482 e. The second-order valence-electron chi connectivity index (χ2n) is 5.87. The molecular formula is C19H11Cl6NO3. The third-order valence-corrected chi connectivity index (χ3v) is 6.34. The fourth-order valence-electron chi connectivity index (χ4n) is 2.35. The summed E-state index contributed by atoms with van der Waals surface area (Å²) in [6, 6.07) is 8.29. The van der Waals surface area contributed by atoms with Gasteiger partial charge in [0.05, 0.1) is 15.1 Å². The Bertz CT molecular complexity index is 1070. The summed E-state index contributed by atoms with van der Waals surface area (Å²) in [6.07, 6.45) is 0. The lowest BCUT2D eigenvalue weighted by molar-refractivity contribution is 0.0992. The molecule has 152 valence electrons. The Kier molecular flexibility index (Phi) is 7.15. The molecule has 29 heavy (non-hydrogen) atoms. The quantitative estimate of drug-likeness (QED) is 0.275. The van der Waals surface area contributed by atoms with Crippen LogP contribution >= 0.6 is 69.6 Å². The molecule has 1 N–H and O–H groups in total. The fourth-order valence-corrected chi connectivity index (χ4v) is 3.75. The Labute approximate surface area is 196 Å². The van der Waals surface area contributed by atoms with E-state index in [2.05, 4.69) is 5.32 Å². The first-order chi connectivity index (χ1) is 13.7. The largest absolute Gasteiger partial charge is 0.482 e. The molecule has 10 heteroatoms. The molecule has 0 saturated carbocycles. The second-order valence-corrected chi connectivity index (χ2v) is 8.19. The highest BCUT2D eigenvalue weighted by atomic mass is 35.5. The predicted octanol–water partition coefficient (Wildman–Crippen LogP) is 8.34. The van der Waals surface area contributed by atoms with Crippen LogP contribution in [0.25, 0.3) is 0 Å². The molecular weight excluding hydrogens is 503 g/mol. The van der Waals surface area contributed by atoms with Gasteiger partial charge in [-0.15, -0.1) is 0 Å². The van der Waals surface area contributed by atoms with Gasteiger partial charge in [-0.1, -0.05) is 75.7 Å². The van der Waals surface area contributed by atoms with E-state index < -0.39 is 5.91 Å². The molecule has 0 saturated heterocycles. The van der Waals surface area contributed by atoms with Crippen molar-refractivity contribution in [3.63, 3.8) is 0 Å². The van der Waals surface area contributed by atoms with Gasteiger partial charge in [-0.05, 0) is 36.8 Å². The number of rotatable bonds is 5. The van der Waals surface area contributed by atoms with E-state index in [0.29, 0.717) is 16.5 Å². The summed E-state index contributed by atoms with van der Waals surface area (Å²) in [5.41, 5.74) is 1.44. The van der Waals surface area contributed by atoms with Gasteiger partial charge in [0.1, 0.15) is 22.4 Å². The Balaban J connectivity index is 1.73. The van der Waals surface area contributed by atoms with Crippen LogP contribution in [0.5, 0.6) is 5.75 Å². The van der Waals surface area contributed by atoms with Gasteiger partial charge in [0.2, 0.25) is 0 Å². The van der Waals surface area contributed by atoms with Crippen LogP contribution in [0.3, 0.4) is 0 Å². The zero-order valence-electron chi connectivity index (χ0n) is 14.6. The molecule has 0 unspecified atom stereocenters. The molecule has 3 rings (SSSR count). The van der Waals surface area contributed by atoms with E-state index in [9.17, 15) is 4.79 Å². The van der Waals surface area contributed by atoms with Crippen LogP contribution in [0.2, 0.25) is 30.1 Å². The Morgan fingerprint density at radius 3 is 2.21 bits per heavy atom. The number of hydrogen-bond donors (Lipinski definition) is 1. The molecule has 4 nitrogen and oxygen atoms in total. The first-order valence-corrected chi connectivity index (χ1v) is 10.3. The maximum atomic E-state index is 12.4. The third-order valence-electron chi connectivity index (χ3n) is 3.86. The van der Waals surface area contributed by atoms with Gasteiger partial charge < -0.3 is 14.5 Å². The standard InChI is InChI=1S/C19H11Cl6NO3/c1-8-2-3-9(20)6-11(8)26-19(27)12-5-4-10(29-12)7-28-18-16(24)14(22)13(21)15(23)17(18)25/h2-6H,7H2,1H3,(H,26,27). The van der Waals surface area contributed by atoms with Gasteiger partial charge in [0.25, 0.3) is 5.91 Å². The summed E-state index contributed by atoms with van der Waals surface area (Å²) in [7, 11) is 0. The van der Waals surface area contributed by atoms with Gasteiger partial charge >= 0.3 is 0 Å². The second kappa shape index (κ2) is 9.25. The average Bonchev–Trinajstić information content (AvgIpc) is 3.17. The highest BCUT2D eigenvalue weighted by Gasteiger charge is 2.21. The first kappa shape index (κ1) is 22.4. The lowest BCUT2D eigenvalue weighted by Crippen LogP contribution is -2.11. The first-order valence-electron chi connectivity index (χ1n) is 7.99. The fraction of sp³-hybridized carbons (Fsp3) is 0.105. The molecule has 0 aliphatic carbocycles. The van der Waals surface area contributed by atoms with Crippen LogP contribution in [0, 0.1) is 6.92 Å². The van der Waals surface area contributed by atoms with E-state index in [0.717, 1.165) is 5.56 Å². The molecule has 0 spiro atoms. The molecule has 0 bridgehead atoms. The van der Waals surface area contributed by atoms with Gasteiger partial charge in [0, 0.05) is 10.7 Å². The van der Waals surface area contributed by atoms with Crippen molar-refractivity contribution in [2.24, 2.45) is 0 Å². The van der Waals surface area contributed by atoms with Crippen molar-refractivity contribution >= 4 is 81.2 Å². The Morgan fingerprint density at radius 1 is 0.931 bits per heavy atom. The van der Waals surface area contributed by atoms with Gasteiger partial charge in [-0.3, -0.25) is 4.79 Å². The number of furan rings is 1. The van der Waals surface area contributed by atoms with E-state index in [1.165, 1.54) is 6.07 Å². The summed E-state index contributed by atoms with van der Waals surface area (Å²) in [4.78, 5) is 12.4. The number of amides is 1. The minimum absolute atomic E-state index is 0.0204. The van der Waals surface area contributed by atoms with Crippen molar-refractivity contribution in [2.45, 2.75) is 13.5 Å². The summed E-state index contributed by atoms with van der Waals surface area (Å²) in [6.45, 7) is 1.78. The highest BCUT2D eigenvalue weighted by Crippen LogP contribution is 2.48. The van der Waals surface area contributed by atoms with Crippen molar-refractivity contribution < 1.29 is 13.9 Å². The van der Waals surface area contributed by atoms with Crippen LogP contribution in [-0.2, 0) is 6.61 Å². The van der Waals surface area contributed by atoms with Gasteiger partial charge in [-0.25, -0.2) is 0 Å². The molecule has 0 radical (unpaired) electrons. The molecule has 0 aliphatic rings. The number of ether oxygens (including phenoxy) is 1. The number of nitrogens with one attached hydrogen (secondary N) is 1. The monoisotopic (exact) mass is 511 g/mol. The third kappa shape index (κ3) is 4.91. The van der Waals surface area contributed by atoms with Crippen molar-refractivity contribution in [3.8, 4) is 5.75 Å². The Morgan fingerprint density at radius 2 is 1.55 bits per heavy atom. The molecule has 3 aromatic rings. The zero-order valence-corrected chi connectivity index (χ0v) is 19.1. The number of aryl methyl sites for hydroxylation is 1. The summed E-state index contributed by atoms with van der Waals surface area (Å²) in [5.74, 6) is 0.0691. The van der Waals surface area contributed by atoms with Crippen molar-refractivity contribution in [2.75, 3.05) is 5.32 Å². The molecule has 0 fully saturated rings. The Hall–Kier alpha value is -1.27. The number of carbonyl (C=O) groups is 1. The van der Waals surface area contributed by atoms with E-state index in [4.69, 9.17) is 78.8 Å². The van der Waals surface area contributed by atoms with Crippen LogP contribution in [0.4, 0.5) is 5.69 Å². The highest BCUT2D eigenvalue weighted by molar-refractivity contribution is 6.55. The van der Waals surface area contributed by atoms with Crippen LogP contribution in [0.1, 0.15) is 21.9 Å². The smallest absolute Gasteiger partial charge is 0.291 e. The van der Waals surface area contributed by atoms with E-state index in [1.807, 2.05) is 6.92 Å². The number of carbonyl (C=O) groups excluding carboxylic acids is 1. The van der Waals surface area contributed by atoms with Gasteiger partial charge in [0.15, 0.2) is 11.5 Å². The molecule has 1 heterocycles. The van der Waals surface area contributed by atoms with Crippen molar-refractivity contribution in [1.29, 1.82) is 0 Å². The molecule has 1 amide bonds. The minimum atomic E-state index is -0.435. The van der Waals surface area contributed by atoms with Crippen LogP contribution in [-0.4, -0.2) is 5.91 Å². The number of hydrogen-bond acceptors (Lipinski definition) is 3. The molecule has 1 aromatic heterocycles. The maximum Gasteiger partial charge on any atom is 0.291 e. The lowest BCUT2D eigenvalue weighted by Gasteiger charge is -2.12. The summed E-state index contributed by atoms with van der Waals surface area (Å²) in [5, 5.41) is 3.37. The van der Waals surface area contributed by atoms with E-state index in [-0.39, 0.29) is 43.2 Å². The van der Waals surface area contributed by atoms with Gasteiger partial charge in [-0.2, -0.15) is 0 Å². The maximum absolute atomic E-state index is 12.4. The van der Waals surface area contributed by atoms with Crippen LogP contribution in [0.15, 0.2) is 34.7 Å². The SMILES string of the molecule is Cc1ccc(Cl)cc1NC(=O)c1ccc(COc2c(Cl)c(Cl)c(Cl)c(Cl)c2Cl)o1. The predicted molar refractivity (Wildman–Crippen MR) is 119 cm³/mol. The van der Waals surface area contributed by atoms with Crippen LogP contribution < -0.4 is 10.1 Å². The molecule has 0 atom stereocenters. The topological polar surface area (TPSA) is 51.5 Å². The number of halogens is 6. The van der Waals surface area contributed by atoms with Crippen molar-refractivity contribution in [3.05, 3.63) is 77.6 Å². The van der Waals surface area contributed by atoms with Crippen molar-refractivity contribution in [1.82, 2.24) is 0 Å². The number of anilines is 1.